The first-order chi connectivity index (χ1) is 14.7. The van der Waals surface area contributed by atoms with E-state index in [0.29, 0.717) is 45.3 Å². The molecule has 0 radical (unpaired) electrons. The molecule has 2 amide bonds. The Kier molecular flexibility index (Phi) is 9.67. The maximum Gasteiger partial charge on any atom is 0.410 e. The molecular formula is C21H40N6O4. The predicted molar refractivity (Wildman–Crippen MR) is 120 cm³/mol. The summed E-state index contributed by atoms with van der Waals surface area (Å²) in [6.45, 7) is 13.8. The van der Waals surface area contributed by atoms with Crippen molar-refractivity contribution in [2.24, 2.45) is 10.7 Å². The minimum absolute atomic E-state index is 0.232. The van der Waals surface area contributed by atoms with Crippen molar-refractivity contribution in [1.29, 1.82) is 0 Å². The van der Waals surface area contributed by atoms with Gasteiger partial charge in [-0.1, -0.05) is 0 Å². The number of nitrogens with two attached hydrogens (primary N) is 1. The van der Waals surface area contributed by atoms with Gasteiger partial charge in [-0.3, -0.25) is 9.89 Å². The Bertz CT molecular complexity index is 605. The van der Waals surface area contributed by atoms with Crippen molar-refractivity contribution in [2.75, 3.05) is 59.0 Å². The third-order valence-electron chi connectivity index (χ3n) is 5.31. The van der Waals surface area contributed by atoms with Crippen LogP contribution in [0.25, 0.3) is 0 Å². The lowest BCUT2D eigenvalue weighted by Gasteiger charge is -2.35. The van der Waals surface area contributed by atoms with Gasteiger partial charge in [0.15, 0.2) is 5.96 Å². The van der Waals surface area contributed by atoms with Gasteiger partial charge in [0.25, 0.3) is 0 Å². The summed E-state index contributed by atoms with van der Waals surface area (Å²) in [5.41, 5.74) is 5.57. The Morgan fingerprint density at radius 1 is 1.03 bits per heavy atom. The molecule has 31 heavy (non-hydrogen) atoms. The summed E-state index contributed by atoms with van der Waals surface area (Å²) in [7, 11) is 0. The predicted octanol–water partition coefficient (Wildman–Crippen LogP) is 1.45. The standard InChI is InChI=1S/C21H40N6O4/c1-5-30-19(28)26-11-7-17(8-12-26)24-18(22)23-9-6-10-25-13-15-27(16-14-25)20(29)31-21(2,3)4/h17H,5-16H2,1-4H3,(H3,22,23,24). The van der Waals surface area contributed by atoms with Crippen LogP contribution in [0.4, 0.5) is 9.59 Å². The number of hydrogen-bond acceptors (Lipinski definition) is 6. The number of guanidine groups is 1. The third kappa shape index (κ3) is 9.20. The zero-order valence-corrected chi connectivity index (χ0v) is 19.6. The van der Waals surface area contributed by atoms with Crippen molar-refractivity contribution in [3.05, 3.63) is 0 Å². The summed E-state index contributed by atoms with van der Waals surface area (Å²) in [4.78, 5) is 34.1. The Morgan fingerprint density at radius 3 is 2.23 bits per heavy atom. The van der Waals surface area contributed by atoms with Crippen molar-refractivity contribution >= 4 is 18.1 Å². The fraction of sp³-hybridized carbons (Fsp3) is 0.857. The van der Waals surface area contributed by atoms with E-state index in [1.165, 1.54) is 0 Å². The molecule has 0 aromatic heterocycles. The molecule has 178 valence electrons. The van der Waals surface area contributed by atoms with E-state index >= 15 is 0 Å². The first kappa shape index (κ1) is 25.0. The SMILES string of the molecule is CCOC(=O)N1CCC(NC(N)=NCCCN2CCN(C(=O)OC(C)(C)C)CC2)CC1. The highest BCUT2D eigenvalue weighted by Crippen LogP contribution is 2.13. The summed E-state index contributed by atoms with van der Waals surface area (Å²) in [6, 6.07) is 0.232. The normalized spacial score (nSPS) is 19.3. The van der Waals surface area contributed by atoms with Gasteiger partial charge in [-0.05, 0) is 47.0 Å². The van der Waals surface area contributed by atoms with E-state index in [0.717, 1.165) is 38.9 Å². The van der Waals surface area contributed by atoms with Gasteiger partial charge in [0.2, 0.25) is 0 Å². The minimum Gasteiger partial charge on any atom is -0.450 e. The van der Waals surface area contributed by atoms with Crippen molar-refractivity contribution < 1.29 is 19.1 Å². The number of aliphatic imine (C=N–C) groups is 1. The van der Waals surface area contributed by atoms with Crippen LogP contribution < -0.4 is 11.1 Å². The Balaban J connectivity index is 1.58. The van der Waals surface area contributed by atoms with Crippen LogP contribution in [0.3, 0.4) is 0 Å². The van der Waals surface area contributed by atoms with Gasteiger partial charge in [0, 0.05) is 58.4 Å². The number of likely N-dealkylation sites (tertiary alicyclic amines) is 1. The van der Waals surface area contributed by atoms with Gasteiger partial charge < -0.3 is 30.3 Å². The fourth-order valence-corrected chi connectivity index (χ4v) is 3.65. The number of rotatable bonds is 6. The molecule has 0 saturated carbocycles. The number of piperidine rings is 1. The van der Waals surface area contributed by atoms with Gasteiger partial charge >= 0.3 is 12.2 Å². The van der Waals surface area contributed by atoms with Crippen molar-refractivity contribution in [2.45, 2.75) is 58.6 Å². The molecule has 0 spiro atoms. The van der Waals surface area contributed by atoms with E-state index in [9.17, 15) is 9.59 Å². The Hall–Kier alpha value is -2.23. The minimum atomic E-state index is -0.460. The molecule has 2 rings (SSSR count). The first-order valence-corrected chi connectivity index (χ1v) is 11.4. The van der Waals surface area contributed by atoms with Crippen LogP contribution in [-0.2, 0) is 9.47 Å². The number of ether oxygens (including phenoxy) is 2. The van der Waals surface area contributed by atoms with E-state index < -0.39 is 5.60 Å². The summed E-state index contributed by atoms with van der Waals surface area (Å²) >= 11 is 0. The molecule has 3 N–H and O–H groups in total. The fourth-order valence-electron chi connectivity index (χ4n) is 3.65. The van der Waals surface area contributed by atoms with Gasteiger partial charge in [-0.2, -0.15) is 0 Å². The quantitative estimate of drug-likeness (QED) is 0.365. The monoisotopic (exact) mass is 440 g/mol. The molecule has 2 aliphatic rings. The summed E-state index contributed by atoms with van der Waals surface area (Å²) < 4.78 is 10.5. The number of carbonyl (C=O) groups excluding carboxylic acids is 2. The van der Waals surface area contributed by atoms with Gasteiger partial charge in [-0.25, -0.2) is 9.59 Å². The number of carbonyl (C=O) groups is 2. The zero-order valence-electron chi connectivity index (χ0n) is 19.6. The Labute approximate surface area is 186 Å². The average molecular weight is 441 g/mol. The van der Waals surface area contributed by atoms with Crippen molar-refractivity contribution in [1.82, 2.24) is 20.0 Å². The van der Waals surface area contributed by atoms with Crippen LogP contribution in [0.15, 0.2) is 4.99 Å². The second-order valence-electron chi connectivity index (χ2n) is 9.03. The maximum atomic E-state index is 12.1. The summed E-state index contributed by atoms with van der Waals surface area (Å²) in [5, 5.41) is 3.26. The van der Waals surface area contributed by atoms with Gasteiger partial charge in [0.1, 0.15) is 5.60 Å². The first-order valence-electron chi connectivity index (χ1n) is 11.4. The topological polar surface area (TPSA) is 113 Å². The van der Waals surface area contributed by atoms with E-state index in [1.54, 1.807) is 9.80 Å². The highest BCUT2D eigenvalue weighted by Gasteiger charge is 2.26. The number of hydrogen-bond donors (Lipinski definition) is 2. The lowest BCUT2D eigenvalue weighted by atomic mass is 10.1. The van der Waals surface area contributed by atoms with Crippen molar-refractivity contribution in [3.8, 4) is 0 Å². The third-order valence-corrected chi connectivity index (χ3v) is 5.31. The summed E-state index contributed by atoms with van der Waals surface area (Å²) in [5.74, 6) is 0.462. The number of piperazine rings is 1. The molecule has 2 heterocycles. The molecule has 0 atom stereocenters. The molecule has 0 aromatic carbocycles. The zero-order chi connectivity index (χ0) is 22.9. The Morgan fingerprint density at radius 2 is 1.65 bits per heavy atom. The molecular weight excluding hydrogens is 400 g/mol. The van der Waals surface area contributed by atoms with E-state index in [1.807, 2.05) is 27.7 Å². The number of amides is 2. The smallest absolute Gasteiger partial charge is 0.410 e. The van der Waals surface area contributed by atoms with E-state index in [-0.39, 0.29) is 18.2 Å². The summed E-state index contributed by atoms with van der Waals surface area (Å²) in [6.07, 6.45) is 2.10. The van der Waals surface area contributed by atoms with Gasteiger partial charge in [-0.15, -0.1) is 0 Å². The molecule has 0 aromatic rings. The van der Waals surface area contributed by atoms with E-state index in [4.69, 9.17) is 15.2 Å². The molecule has 10 nitrogen and oxygen atoms in total. The molecule has 0 aliphatic carbocycles. The number of nitrogens with one attached hydrogen (secondary N) is 1. The lowest BCUT2D eigenvalue weighted by molar-refractivity contribution is 0.0145. The van der Waals surface area contributed by atoms with Crippen LogP contribution in [0.1, 0.15) is 47.0 Å². The molecule has 10 heteroatoms. The number of nitrogens with zero attached hydrogens (tertiary/aromatic N) is 4. The highest BCUT2D eigenvalue weighted by molar-refractivity contribution is 5.78. The van der Waals surface area contributed by atoms with Crippen LogP contribution >= 0.6 is 0 Å². The average Bonchev–Trinajstić information content (AvgIpc) is 2.71. The molecule has 2 fully saturated rings. The molecule has 2 saturated heterocycles. The lowest BCUT2D eigenvalue weighted by Crippen LogP contribution is -2.50. The van der Waals surface area contributed by atoms with Crippen LogP contribution in [0, 0.1) is 0 Å². The second kappa shape index (κ2) is 12.0. The molecule has 0 unspecified atom stereocenters. The largest absolute Gasteiger partial charge is 0.450 e. The van der Waals surface area contributed by atoms with Crippen LogP contribution in [0.5, 0.6) is 0 Å². The second-order valence-corrected chi connectivity index (χ2v) is 9.03. The van der Waals surface area contributed by atoms with Crippen LogP contribution in [0.2, 0.25) is 0 Å². The van der Waals surface area contributed by atoms with E-state index in [2.05, 4.69) is 15.2 Å². The molecule has 0 bridgehead atoms. The maximum absolute atomic E-state index is 12.1. The van der Waals surface area contributed by atoms with Gasteiger partial charge in [0.05, 0.1) is 6.61 Å². The molecule has 2 aliphatic heterocycles. The van der Waals surface area contributed by atoms with Crippen LogP contribution in [-0.4, -0.2) is 103 Å². The van der Waals surface area contributed by atoms with Crippen molar-refractivity contribution in [3.63, 3.8) is 0 Å². The highest BCUT2D eigenvalue weighted by atomic mass is 16.6.